The highest BCUT2D eigenvalue weighted by Crippen LogP contribution is 2.28. The molecule has 0 fully saturated rings. The molecule has 0 spiro atoms. The number of rotatable bonds is 7. The lowest BCUT2D eigenvalue weighted by Crippen LogP contribution is -2.21. The van der Waals surface area contributed by atoms with Gasteiger partial charge in [-0.1, -0.05) is 61.2 Å². The van der Waals surface area contributed by atoms with Crippen molar-refractivity contribution < 1.29 is 0 Å². The Morgan fingerprint density at radius 2 is 2.00 bits per heavy atom. The average molecular weight is 298 g/mol. The van der Waals surface area contributed by atoms with Gasteiger partial charge in [-0.25, -0.2) is 0 Å². The van der Waals surface area contributed by atoms with Crippen LogP contribution in [0.25, 0.3) is 0 Å². The van der Waals surface area contributed by atoms with Gasteiger partial charge in [-0.15, -0.1) is 0 Å². The maximum atomic E-state index is 3.69. The molecule has 1 rings (SSSR count). The van der Waals surface area contributed by atoms with Crippen LogP contribution in [0.5, 0.6) is 0 Å². The van der Waals surface area contributed by atoms with Crippen molar-refractivity contribution in [1.29, 1.82) is 0 Å². The van der Waals surface area contributed by atoms with E-state index in [2.05, 4.69) is 60.2 Å². The predicted octanol–water partition coefficient (Wildman–Crippen LogP) is 4.99. The summed E-state index contributed by atoms with van der Waals surface area (Å²) in [5, 5.41) is 3.59. The molecule has 1 aromatic carbocycles. The molecule has 96 valence electrons. The molecule has 0 heterocycles. The van der Waals surface area contributed by atoms with E-state index in [0.29, 0.717) is 6.04 Å². The van der Waals surface area contributed by atoms with Gasteiger partial charge >= 0.3 is 0 Å². The molecule has 1 N–H and O–H groups in total. The Hall–Kier alpha value is -0.340. The maximum Gasteiger partial charge on any atom is 0.0331 e. The van der Waals surface area contributed by atoms with Gasteiger partial charge in [-0.05, 0) is 37.1 Å². The Balaban J connectivity index is 2.74. The molecule has 0 aliphatic carbocycles. The minimum atomic E-state index is 0.488. The van der Waals surface area contributed by atoms with Crippen LogP contribution in [-0.2, 0) is 0 Å². The third kappa shape index (κ3) is 4.81. The van der Waals surface area contributed by atoms with Crippen molar-refractivity contribution in [3.63, 3.8) is 0 Å². The fourth-order valence-electron chi connectivity index (χ4n) is 2.13. The molecule has 0 saturated heterocycles. The second-order valence-corrected chi connectivity index (χ2v) is 5.49. The molecule has 0 aromatic heterocycles. The quantitative estimate of drug-likeness (QED) is 0.699. The van der Waals surface area contributed by atoms with Crippen molar-refractivity contribution in [1.82, 2.24) is 5.32 Å². The lowest BCUT2D eigenvalue weighted by Gasteiger charge is -2.20. The maximum absolute atomic E-state index is 3.69. The summed E-state index contributed by atoms with van der Waals surface area (Å²) in [5.41, 5.74) is 2.71. The molecule has 1 aromatic rings. The Kier molecular flexibility index (Phi) is 6.83. The lowest BCUT2D eigenvalue weighted by atomic mass is 9.99. The smallest absolute Gasteiger partial charge is 0.0331 e. The molecule has 2 heteroatoms. The van der Waals surface area contributed by atoms with Gasteiger partial charge in [-0.2, -0.15) is 0 Å². The van der Waals surface area contributed by atoms with Gasteiger partial charge in [0.2, 0.25) is 0 Å². The topological polar surface area (TPSA) is 12.0 Å². The summed E-state index contributed by atoms with van der Waals surface area (Å²) in [7, 11) is 0. The number of hydrogen-bond acceptors (Lipinski definition) is 1. The Morgan fingerprint density at radius 1 is 1.24 bits per heavy atom. The lowest BCUT2D eigenvalue weighted by molar-refractivity contribution is 0.485. The summed E-state index contributed by atoms with van der Waals surface area (Å²) in [5.74, 6) is 0. The number of halogens is 1. The molecule has 0 saturated carbocycles. The molecule has 0 bridgehead atoms. The third-order valence-corrected chi connectivity index (χ3v) is 3.77. The first kappa shape index (κ1) is 14.7. The zero-order valence-electron chi connectivity index (χ0n) is 11.2. The van der Waals surface area contributed by atoms with Gasteiger partial charge in [-0.3, -0.25) is 0 Å². The number of aryl methyl sites for hydroxylation is 1. The van der Waals surface area contributed by atoms with E-state index in [1.165, 1.54) is 41.3 Å². The number of benzene rings is 1. The highest BCUT2D eigenvalue weighted by molar-refractivity contribution is 9.10. The Bertz CT molecular complexity index is 336. The average Bonchev–Trinajstić information content (AvgIpc) is 2.28. The number of unbranched alkanes of at least 4 members (excludes halogenated alkanes) is 2. The van der Waals surface area contributed by atoms with Crippen molar-refractivity contribution in [2.24, 2.45) is 0 Å². The van der Waals surface area contributed by atoms with E-state index in [4.69, 9.17) is 0 Å². The zero-order chi connectivity index (χ0) is 12.7. The molecule has 0 radical (unpaired) electrons. The fraction of sp³-hybridized carbons (Fsp3) is 0.600. The summed E-state index contributed by atoms with van der Waals surface area (Å²) in [4.78, 5) is 0. The van der Waals surface area contributed by atoms with Crippen molar-refractivity contribution in [3.8, 4) is 0 Å². The van der Waals surface area contributed by atoms with E-state index in [1.807, 2.05) is 0 Å². The van der Waals surface area contributed by atoms with E-state index >= 15 is 0 Å². The van der Waals surface area contributed by atoms with Gasteiger partial charge in [0.25, 0.3) is 0 Å². The predicted molar refractivity (Wildman–Crippen MR) is 79.4 cm³/mol. The monoisotopic (exact) mass is 297 g/mol. The third-order valence-electron chi connectivity index (χ3n) is 3.08. The van der Waals surface area contributed by atoms with Crippen LogP contribution in [0.2, 0.25) is 0 Å². The highest BCUT2D eigenvalue weighted by atomic mass is 79.9. The van der Waals surface area contributed by atoms with Crippen LogP contribution in [0.4, 0.5) is 0 Å². The van der Waals surface area contributed by atoms with Crippen LogP contribution < -0.4 is 5.32 Å². The van der Waals surface area contributed by atoms with Crippen molar-refractivity contribution in [2.45, 2.75) is 52.5 Å². The van der Waals surface area contributed by atoms with Crippen LogP contribution in [0.15, 0.2) is 22.7 Å². The van der Waals surface area contributed by atoms with E-state index in [0.717, 1.165) is 6.54 Å². The first-order valence-electron chi connectivity index (χ1n) is 6.68. The van der Waals surface area contributed by atoms with Crippen molar-refractivity contribution in [2.75, 3.05) is 6.54 Å². The van der Waals surface area contributed by atoms with Crippen LogP contribution in [0, 0.1) is 6.92 Å². The molecule has 1 nitrogen and oxygen atoms in total. The molecule has 0 aliphatic heterocycles. The van der Waals surface area contributed by atoms with Crippen LogP contribution in [0.1, 0.15) is 56.7 Å². The van der Waals surface area contributed by atoms with E-state index in [9.17, 15) is 0 Å². The summed E-state index contributed by atoms with van der Waals surface area (Å²) in [6, 6.07) is 7.14. The van der Waals surface area contributed by atoms with Crippen molar-refractivity contribution >= 4 is 15.9 Å². The van der Waals surface area contributed by atoms with Crippen molar-refractivity contribution in [3.05, 3.63) is 33.8 Å². The number of nitrogens with one attached hydrogen (secondary N) is 1. The van der Waals surface area contributed by atoms with Gasteiger partial charge in [0.05, 0.1) is 0 Å². The van der Waals surface area contributed by atoms with E-state index in [1.54, 1.807) is 0 Å². The Labute approximate surface area is 114 Å². The molecular weight excluding hydrogens is 274 g/mol. The fourth-order valence-corrected chi connectivity index (χ4v) is 2.90. The Morgan fingerprint density at radius 3 is 2.59 bits per heavy atom. The molecule has 17 heavy (non-hydrogen) atoms. The van der Waals surface area contributed by atoms with Gasteiger partial charge in [0.15, 0.2) is 0 Å². The van der Waals surface area contributed by atoms with Gasteiger partial charge in [0, 0.05) is 10.5 Å². The largest absolute Gasteiger partial charge is 0.310 e. The molecular formula is C15H24BrN. The van der Waals surface area contributed by atoms with Crippen LogP contribution >= 0.6 is 15.9 Å². The molecule has 1 unspecified atom stereocenters. The summed E-state index contributed by atoms with van der Waals surface area (Å²) in [6.45, 7) is 7.59. The first-order valence-corrected chi connectivity index (χ1v) is 7.47. The number of hydrogen-bond donors (Lipinski definition) is 1. The first-order chi connectivity index (χ1) is 8.19. The zero-order valence-corrected chi connectivity index (χ0v) is 12.8. The minimum Gasteiger partial charge on any atom is -0.310 e. The van der Waals surface area contributed by atoms with Gasteiger partial charge in [0.1, 0.15) is 0 Å². The van der Waals surface area contributed by atoms with Gasteiger partial charge < -0.3 is 5.32 Å². The molecule has 0 aliphatic rings. The SMILES string of the molecule is CCCCCC(NCC)c1ccc(C)cc1Br. The summed E-state index contributed by atoms with van der Waals surface area (Å²) in [6.07, 6.45) is 5.14. The summed E-state index contributed by atoms with van der Waals surface area (Å²) >= 11 is 3.69. The second kappa shape index (κ2) is 7.88. The second-order valence-electron chi connectivity index (χ2n) is 4.63. The summed E-state index contributed by atoms with van der Waals surface area (Å²) < 4.78 is 1.24. The molecule has 0 amide bonds. The van der Waals surface area contributed by atoms with Crippen LogP contribution in [0.3, 0.4) is 0 Å². The van der Waals surface area contributed by atoms with E-state index < -0.39 is 0 Å². The highest BCUT2D eigenvalue weighted by Gasteiger charge is 2.12. The normalized spacial score (nSPS) is 12.7. The molecule has 1 atom stereocenters. The minimum absolute atomic E-state index is 0.488. The van der Waals surface area contributed by atoms with E-state index in [-0.39, 0.29) is 0 Å². The standard InChI is InChI=1S/C15H24BrN/c1-4-6-7-8-15(17-5-2)13-10-9-12(3)11-14(13)16/h9-11,15,17H,4-8H2,1-3H3. The van der Waals surface area contributed by atoms with Crippen LogP contribution in [-0.4, -0.2) is 6.54 Å².